The Hall–Kier alpha value is -2.07. The Kier molecular flexibility index (Phi) is 6.21. The largest absolute Gasteiger partial charge is 0.466 e. The van der Waals surface area contributed by atoms with Crippen molar-refractivity contribution in [1.82, 2.24) is 4.57 Å². The first-order valence-electron chi connectivity index (χ1n) is 8.18. The van der Waals surface area contributed by atoms with Crippen molar-refractivity contribution in [3.05, 3.63) is 57.9 Å². The number of aryl methyl sites for hydroxylation is 1. The first-order chi connectivity index (χ1) is 11.5. The maximum Gasteiger partial charge on any atom is 0.311 e. The molecule has 0 saturated heterocycles. The van der Waals surface area contributed by atoms with Crippen molar-refractivity contribution >= 4 is 23.4 Å². The maximum atomic E-state index is 13.0. The summed E-state index contributed by atoms with van der Waals surface area (Å²) in [4.78, 5) is 24.8. The van der Waals surface area contributed by atoms with E-state index >= 15 is 0 Å². The highest BCUT2D eigenvalue weighted by molar-refractivity contribution is 6.30. The number of hydrogen-bond acceptors (Lipinski definition) is 3. The molecule has 5 heteroatoms. The third kappa shape index (κ3) is 3.88. The monoisotopic (exact) mass is 347 g/mol. The van der Waals surface area contributed by atoms with Crippen LogP contribution in [0.2, 0.25) is 5.02 Å². The van der Waals surface area contributed by atoms with E-state index in [4.69, 9.17) is 16.3 Å². The van der Waals surface area contributed by atoms with Crippen molar-refractivity contribution in [3.8, 4) is 0 Å². The van der Waals surface area contributed by atoms with E-state index in [0.717, 1.165) is 17.7 Å². The zero-order valence-corrected chi connectivity index (χ0v) is 15.0. The van der Waals surface area contributed by atoms with Crippen molar-refractivity contribution < 1.29 is 14.3 Å². The molecule has 0 N–H and O–H groups in total. The molecule has 0 aliphatic rings. The number of rotatable bonds is 7. The van der Waals surface area contributed by atoms with Gasteiger partial charge in [0, 0.05) is 22.8 Å². The second-order valence-electron chi connectivity index (χ2n) is 5.43. The number of benzene rings is 1. The molecule has 0 unspecified atom stereocenters. The maximum absolute atomic E-state index is 13.0. The molecule has 0 atom stereocenters. The number of ether oxygens (including phenoxy) is 1. The molecule has 4 nitrogen and oxygen atoms in total. The second kappa shape index (κ2) is 8.15. The van der Waals surface area contributed by atoms with Crippen molar-refractivity contribution in [2.75, 3.05) is 6.61 Å². The van der Waals surface area contributed by atoms with Crippen LogP contribution in [0.4, 0.5) is 0 Å². The van der Waals surface area contributed by atoms with Crippen LogP contribution >= 0.6 is 11.6 Å². The van der Waals surface area contributed by atoms with Gasteiger partial charge in [0.25, 0.3) is 0 Å². The van der Waals surface area contributed by atoms with Gasteiger partial charge in [0.1, 0.15) is 0 Å². The third-order valence-corrected chi connectivity index (χ3v) is 4.16. The van der Waals surface area contributed by atoms with E-state index in [0.29, 0.717) is 29.4 Å². The zero-order valence-electron chi connectivity index (χ0n) is 14.3. The number of nitrogens with zero attached hydrogens (tertiary/aromatic N) is 1. The summed E-state index contributed by atoms with van der Waals surface area (Å²) in [5, 5.41) is 0.594. The predicted molar refractivity (Wildman–Crippen MR) is 94.7 cm³/mol. The Bertz CT molecular complexity index is 732. The molecule has 1 aromatic carbocycles. The minimum atomic E-state index is -0.280. The van der Waals surface area contributed by atoms with E-state index < -0.39 is 0 Å². The molecular formula is C19H22ClNO3. The summed E-state index contributed by atoms with van der Waals surface area (Å²) >= 11 is 5.90. The average molecular weight is 348 g/mol. The lowest BCUT2D eigenvalue weighted by molar-refractivity contribution is -0.142. The fraction of sp³-hybridized carbons (Fsp3) is 0.368. The molecule has 0 fully saturated rings. The van der Waals surface area contributed by atoms with Crippen LogP contribution in [0.3, 0.4) is 0 Å². The Balaban J connectivity index is 2.44. The van der Waals surface area contributed by atoms with Gasteiger partial charge in [-0.25, -0.2) is 0 Å². The number of esters is 1. The van der Waals surface area contributed by atoms with E-state index in [9.17, 15) is 9.59 Å². The summed E-state index contributed by atoms with van der Waals surface area (Å²) in [6.45, 7) is 6.71. The molecule has 0 amide bonds. The number of ketones is 1. The van der Waals surface area contributed by atoms with Gasteiger partial charge in [-0.1, -0.05) is 18.5 Å². The Morgan fingerprint density at radius 3 is 2.33 bits per heavy atom. The van der Waals surface area contributed by atoms with E-state index in [1.54, 1.807) is 31.2 Å². The highest BCUT2D eigenvalue weighted by Gasteiger charge is 2.22. The fourth-order valence-corrected chi connectivity index (χ4v) is 2.93. The summed E-state index contributed by atoms with van der Waals surface area (Å²) in [7, 11) is 0. The normalized spacial score (nSPS) is 10.7. The molecule has 0 bridgehead atoms. The molecule has 1 heterocycles. The molecule has 0 spiro atoms. The quantitative estimate of drug-likeness (QED) is 0.560. The number of carbonyl (C=O) groups is 2. The van der Waals surface area contributed by atoms with Crippen LogP contribution < -0.4 is 0 Å². The highest BCUT2D eigenvalue weighted by Crippen LogP contribution is 2.22. The van der Waals surface area contributed by atoms with Crippen LogP contribution in [0.15, 0.2) is 30.3 Å². The summed E-state index contributed by atoms with van der Waals surface area (Å²) in [5.41, 5.74) is 2.98. The van der Waals surface area contributed by atoms with Crippen LogP contribution in [0.5, 0.6) is 0 Å². The molecular weight excluding hydrogens is 326 g/mol. The molecule has 1 aromatic heterocycles. The summed E-state index contributed by atoms with van der Waals surface area (Å²) < 4.78 is 6.94. The molecule has 2 rings (SSSR count). The number of aromatic nitrogens is 1. The van der Waals surface area contributed by atoms with Crippen LogP contribution in [-0.2, 0) is 28.9 Å². The molecule has 128 valence electrons. The van der Waals surface area contributed by atoms with Gasteiger partial charge in [-0.2, -0.15) is 0 Å². The van der Waals surface area contributed by atoms with Crippen molar-refractivity contribution in [1.29, 1.82) is 0 Å². The van der Waals surface area contributed by atoms with Crippen molar-refractivity contribution in [2.24, 2.45) is 0 Å². The van der Waals surface area contributed by atoms with Crippen LogP contribution in [0.1, 0.15) is 48.1 Å². The third-order valence-electron chi connectivity index (χ3n) is 3.91. The summed E-state index contributed by atoms with van der Waals surface area (Å²) in [6.07, 6.45) is 0.889. The molecule has 0 saturated carbocycles. The Labute approximate surface area is 147 Å². The molecule has 2 aromatic rings. The number of halogens is 1. The van der Waals surface area contributed by atoms with Crippen LogP contribution in [0, 0.1) is 0 Å². The van der Waals surface area contributed by atoms with E-state index in [1.807, 2.05) is 24.5 Å². The van der Waals surface area contributed by atoms with Gasteiger partial charge in [-0.05, 0) is 56.2 Å². The minimum Gasteiger partial charge on any atom is -0.466 e. The molecule has 24 heavy (non-hydrogen) atoms. The van der Waals surface area contributed by atoms with Gasteiger partial charge in [0.15, 0.2) is 0 Å². The van der Waals surface area contributed by atoms with Gasteiger partial charge >= 0.3 is 5.97 Å². The molecule has 0 aliphatic carbocycles. The van der Waals surface area contributed by atoms with Crippen molar-refractivity contribution in [2.45, 2.75) is 40.2 Å². The molecule has 0 aliphatic heterocycles. The summed E-state index contributed by atoms with van der Waals surface area (Å²) in [5.74, 6) is -0.335. The Morgan fingerprint density at radius 1 is 1.12 bits per heavy atom. The first kappa shape index (κ1) is 18.3. The van der Waals surface area contributed by atoms with E-state index in [2.05, 4.69) is 0 Å². The zero-order chi connectivity index (χ0) is 17.7. The lowest BCUT2D eigenvalue weighted by Gasteiger charge is -2.11. The minimum absolute atomic E-state index is 0.0551. The molecule has 0 radical (unpaired) electrons. The fourth-order valence-electron chi connectivity index (χ4n) is 2.81. The number of hydrogen-bond donors (Lipinski definition) is 0. The summed E-state index contributed by atoms with van der Waals surface area (Å²) in [6, 6.07) is 8.80. The smallest absolute Gasteiger partial charge is 0.311 e. The van der Waals surface area contributed by atoms with E-state index in [1.165, 1.54) is 0 Å². The lowest BCUT2D eigenvalue weighted by atomic mass is 10.0. The van der Waals surface area contributed by atoms with Crippen molar-refractivity contribution in [3.63, 3.8) is 0 Å². The van der Waals surface area contributed by atoms with Gasteiger partial charge in [-0.15, -0.1) is 0 Å². The van der Waals surface area contributed by atoms with Gasteiger partial charge in [-0.3, -0.25) is 9.59 Å². The predicted octanol–water partition coefficient (Wildman–Crippen LogP) is 4.06. The van der Waals surface area contributed by atoms with Gasteiger partial charge in [0.2, 0.25) is 5.78 Å². The topological polar surface area (TPSA) is 48.3 Å². The second-order valence-corrected chi connectivity index (χ2v) is 5.86. The lowest BCUT2D eigenvalue weighted by Crippen LogP contribution is -2.16. The van der Waals surface area contributed by atoms with Crippen LogP contribution in [0.25, 0.3) is 0 Å². The van der Waals surface area contributed by atoms with Crippen LogP contribution in [-0.4, -0.2) is 22.9 Å². The van der Waals surface area contributed by atoms with Gasteiger partial charge < -0.3 is 9.30 Å². The first-order valence-corrected chi connectivity index (χ1v) is 8.56. The highest BCUT2D eigenvalue weighted by atomic mass is 35.5. The number of carbonyl (C=O) groups excluding carboxylic acids is 2. The Morgan fingerprint density at radius 2 is 1.79 bits per heavy atom. The van der Waals surface area contributed by atoms with E-state index in [-0.39, 0.29) is 18.2 Å². The van der Waals surface area contributed by atoms with Gasteiger partial charge in [0.05, 0.1) is 18.7 Å². The SMILES string of the molecule is CCOC(=O)Cc1cc(CC)c(C(=O)c2ccc(Cl)cc2)n1CC. The standard InChI is InChI=1S/C19H22ClNO3/c1-4-13-11-16(12-17(22)24-6-3)21(5-2)18(13)19(23)14-7-9-15(20)10-8-14/h7-11H,4-6,12H2,1-3H3. The average Bonchev–Trinajstić information content (AvgIpc) is 2.92.